The van der Waals surface area contributed by atoms with Gasteiger partial charge in [0, 0.05) is 18.0 Å². The third-order valence-electron chi connectivity index (χ3n) is 2.02. The zero-order valence-corrected chi connectivity index (χ0v) is 14.6. The number of hydrogen-bond donors (Lipinski definition) is 3. The van der Waals surface area contributed by atoms with Crippen LogP contribution in [0.3, 0.4) is 0 Å². The second kappa shape index (κ2) is 9.50. The molecule has 4 N–H and O–H groups in total. The summed E-state index contributed by atoms with van der Waals surface area (Å²) in [5.41, 5.74) is 5.63. The molecule has 19 heavy (non-hydrogen) atoms. The fourth-order valence-electron chi connectivity index (χ4n) is 1.23. The fraction of sp³-hybridized carbons (Fsp3) is 0.500. The molecule has 0 unspecified atom stereocenters. The number of rotatable bonds is 7. The monoisotopic (exact) mass is 418 g/mol. The van der Waals surface area contributed by atoms with Crippen molar-refractivity contribution in [2.45, 2.75) is 6.42 Å². The molecule has 1 rings (SSSR count). The predicted molar refractivity (Wildman–Crippen MR) is 90.8 cm³/mol. The van der Waals surface area contributed by atoms with E-state index in [4.69, 9.17) is 5.73 Å². The van der Waals surface area contributed by atoms with Crippen molar-refractivity contribution >= 4 is 51.3 Å². The molecule has 6 nitrogen and oxygen atoms in total. The maximum Gasteiger partial charge on any atom is 0.208 e. The Morgan fingerprint density at radius 3 is 2.79 bits per heavy atom. The first-order valence-electron chi connectivity index (χ1n) is 5.48. The van der Waals surface area contributed by atoms with Crippen LogP contribution in [0.15, 0.2) is 22.5 Å². The third-order valence-corrected chi connectivity index (χ3v) is 3.68. The van der Waals surface area contributed by atoms with Crippen LogP contribution >= 0.6 is 35.3 Å². The lowest BCUT2D eigenvalue weighted by atomic mass is 10.3. The van der Waals surface area contributed by atoms with E-state index < -0.39 is 10.0 Å². The highest BCUT2D eigenvalue weighted by molar-refractivity contribution is 14.0. The molecule has 0 aliphatic carbocycles. The van der Waals surface area contributed by atoms with Gasteiger partial charge in [0.1, 0.15) is 0 Å². The van der Waals surface area contributed by atoms with Gasteiger partial charge < -0.3 is 11.1 Å². The van der Waals surface area contributed by atoms with Gasteiger partial charge in [0.2, 0.25) is 10.0 Å². The molecule has 110 valence electrons. The molecule has 0 aliphatic rings. The lowest BCUT2D eigenvalue weighted by Gasteiger charge is -2.04. The van der Waals surface area contributed by atoms with Crippen molar-refractivity contribution in [3.8, 4) is 0 Å². The highest BCUT2D eigenvalue weighted by Crippen LogP contribution is 2.07. The van der Waals surface area contributed by atoms with E-state index in [1.807, 2.05) is 11.4 Å². The van der Waals surface area contributed by atoms with Crippen LogP contribution in [-0.2, 0) is 16.4 Å². The molecule has 1 heterocycles. The number of guanidine groups is 1. The van der Waals surface area contributed by atoms with Gasteiger partial charge in [0.15, 0.2) is 5.96 Å². The van der Waals surface area contributed by atoms with Crippen LogP contribution in [0.2, 0.25) is 0 Å². The highest BCUT2D eigenvalue weighted by Gasteiger charge is 1.98. The van der Waals surface area contributed by atoms with Gasteiger partial charge in [-0.05, 0) is 17.9 Å². The van der Waals surface area contributed by atoms with Crippen LogP contribution in [0.25, 0.3) is 0 Å². The standard InChI is InChI=1S/C10H18N4O2S2.HI/c1-18(15,16)14-7-6-13-10(11)12-5-4-9-3-2-8-17-9;/h2-3,8,14H,4-7H2,1H3,(H3,11,12,13);1H. The number of nitrogens with zero attached hydrogens (tertiary/aromatic N) is 1. The molecular formula is C10H19IN4O2S2. The fourth-order valence-corrected chi connectivity index (χ4v) is 2.40. The summed E-state index contributed by atoms with van der Waals surface area (Å²) in [4.78, 5) is 5.29. The summed E-state index contributed by atoms with van der Waals surface area (Å²) in [5.74, 6) is 0.335. The van der Waals surface area contributed by atoms with Crippen LogP contribution in [0.4, 0.5) is 0 Å². The maximum atomic E-state index is 10.8. The molecule has 0 atom stereocenters. The lowest BCUT2D eigenvalue weighted by Crippen LogP contribution is -2.34. The second-order valence-electron chi connectivity index (χ2n) is 3.69. The van der Waals surface area contributed by atoms with Crippen LogP contribution in [0.5, 0.6) is 0 Å². The molecule has 0 radical (unpaired) electrons. The van der Waals surface area contributed by atoms with Crippen LogP contribution in [-0.4, -0.2) is 40.3 Å². The topological polar surface area (TPSA) is 96.6 Å². The van der Waals surface area contributed by atoms with E-state index in [0.29, 0.717) is 12.5 Å². The Morgan fingerprint density at radius 1 is 1.47 bits per heavy atom. The van der Waals surface area contributed by atoms with Gasteiger partial charge in [0.05, 0.1) is 12.8 Å². The van der Waals surface area contributed by atoms with Gasteiger partial charge in [-0.2, -0.15) is 0 Å². The maximum absolute atomic E-state index is 10.8. The minimum atomic E-state index is -3.15. The minimum Gasteiger partial charge on any atom is -0.370 e. The summed E-state index contributed by atoms with van der Waals surface area (Å²) < 4.78 is 23.9. The molecule has 0 saturated carbocycles. The molecule has 0 bridgehead atoms. The average molecular weight is 418 g/mol. The van der Waals surface area contributed by atoms with Crippen LogP contribution in [0.1, 0.15) is 4.88 Å². The summed E-state index contributed by atoms with van der Waals surface area (Å²) in [6.07, 6.45) is 2.01. The molecule has 0 aliphatic heterocycles. The van der Waals surface area contributed by atoms with Crippen LogP contribution < -0.4 is 15.8 Å². The van der Waals surface area contributed by atoms with Crippen molar-refractivity contribution in [3.63, 3.8) is 0 Å². The van der Waals surface area contributed by atoms with Crippen molar-refractivity contribution in [2.75, 3.05) is 25.9 Å². The number of aliphatic imine (C=N–C) groups is 1. The first-order chi connectivity index (χ1) is 8.47. The highest BCUT2D eigenvalue weighted by atomic mass is 127. The van der Waals surface area contributed by atoms with E-state index in [9.17, 15) is 8.42 Å². The molecule has 1 aromatic rings. The van der Waals surface area contributed by atoms with E-state index in [1.54, 1.807) is 11.3 Å². The zero-order valence-electron chi connectivity index (χ0n) is 10.6. The Hall–Kier alpha value is -0.390. The van der Waals surface area contributed by atoms with E-state index in [-0.39, 0.29) is 30.5 Å². The molecule has 0 amide bonds. The Kier molecular flexibility index (Phi) is 9.31. The van der Waals surface area contributed by atoms with E-state index >= 15 is 0 Å². The Morgan fingerprint density at radius 2 is 2.21 bits per heavy atom. The molecule has 0 aromatic carbocycles. The number of halogens is 1. The van der Waals surface area contributed by atoms with E-state index in [1.165, 1.54) is 4.88 Å². The molecular weight excluding hydrogens is 399 g/mol. The summed E-state index contributed by atoms with van der Waals surface area (Å²) in [5, 5.41) is 5.01. The SMILES string of the molecule is CS(=O)(=O)NCCN=C(N)NCCc1cccs1.I. The number of sulfonamides is 1. The van der Waals surface area contributed by atoms with Crippen LogP contribution in [0, 0.1) is 0 Å². The average Bonchev–Trinajstić information content (AvgIpc) is 2.76. The van der Waals surface area contributed by atoms with Crippen molar-refractivity contribution in [1.82, 2.24) is 10.0 Å². The smallest absolute Gasteiger partial charge is 0.208 e. The summed E-state index contributed by atoms with van der Waals surface area (Å²) >= 11 is 1.70. The number of hydrogen-bond acceptors (Lipinski definition) is 4. The van der Waals surface area contributed by atoms with Gasteiger partial charge in [-0.1, -0.05) is 6.07 Å². The summed E-state index contributed by atoms with van der Waals surface area (Å²) in [6.45, 7) is 1.30. The predicted octanol–water partition coefficient (Wildman–Crippen LogP) is 0.362. The normalized spacial score (nSPS) is 11.9. The Bertz CT molecular complexity index is 474. The molecule has 1 aromatic heterocycles. The molecule has 0 spiro atoms. The van der Waals surface area contributed by atoms with Crippen molar-refractivity contribution in [3.05, 3.63) is 22.4 Å². The molecule has 0 saturated heterocycles. The minimum absolute atomic E-state index is 0. The Labute approximate surface area is 135 Å². The summed E-state index contributed by atoms with van der Waals surface area (Å²) in [7, 11) is -3.15. The zero-order chi connectivity index (χ0) is 13.4. The third kappa shape index (κ3) is 10.1. The first kappa shape index (κ1) is 18.6. The van der Waals surface area contributed by atoms with Crippen molar-refractivity contribution in [1.29, 1.82) is 0 Å². The van der Waals surface area contributed by atoms with Gasteiger partial charge in [-0.25, -0.2) is 13.1 Å². The second-order valence-corrected chi connectivity index (χ2v) is 6.55. The van der Waals surface area contributed by atoms with Gasteiger partial charge in [0.25, 0.3) is 0 Å². The number of nitrogens with two attached hydrogens (primary N) is 1. The van der Waals surface area contributed by atoms with E-state index in [0.717, 1.165) is 19.2 Å². The lowest BCUT2D eigenvalue weighted by molar-refractivity contribution is 0.588. The quantitative estimate of drug-likeness (QED) is 0.258. The first-order valence-corrected chi connectivity index (χ1v) is 8.25. The summed E-state index contributed by atoms with van der Waals surface area (Å²) in [6, 6.07) is 4.07. The van der Waals surface area contributed by atoms with Gasteiger partial charge >= 0.3 is 0 Å². The number of thiophene rings is 1. The Balaban J connectivity index is 0.00000324. The largest absolute Gasteiger partial charge is 0.370 e. The van der Waals surface area contributed by atoms with E-state index in [2.05, 4.69) is 21.1 Å². The van der Waals surface area contributed by atoms with Crippen molar-refractivity contribution in [2.24, 2.45) is 10.7 Å². The molecule has 0 fully saturated rings. The number of nitrogens with one attached hydrogen (secondary N) is 2. The van der Waals surface area contributed by atoms with Gasteiger partial charge in [-0.3, -0.25) is 4.99 Å². The van der Waals surface area contributed by atoms with Gasteiger partial charge in [-0.15, -0.1) is 35.3 Å². The molecule has 9 heteroatoms. The van der Waals surface area contributed by atoms with Crippen molar-refractivity contribution < 1.29 is 8.42 Å².